The smallest absolute Gasteiger partial charge is 0.223 e. The highest BCUT2D eigenvalue weighted by atomic mass is 32.2. The number of amides is 1. The number of nitrogens with zero attached hydrogens (tertiary/aromatic N) is 1. The van der Waals surface area contributed by atoms with Gasteiger partial charge in [0.2, 0.25) is 5.91 Å². The first kappa shape index (κ1) is 15.4. The van der Waals surface area contributed by atoms with Crippen molar-refractivity contribution >= 4 is 17.7 Å². The van der Waals surface area contributed by atoms with E-state index in [1.54, 1.807) is 18.9 Å². The Kier molecular flexibility index (Phi) is 5.46. The van der Waals surface area contributed by atoms with Crippen LogP contribution in [0.15, 0.2) is 29.2 Å². The summed E-state index contributed by atoms with van der Waals surface area (Å²) in [6.45, 7) is 1.13. The lowest BCUT2D eigenvalue weighted by Gasteiger charge is -2.40. The first-order valence-electron chi connectivity index (χ1n) is 6.85. The molecule has 0 aliphatic carbocycles. The fourth-order valence-electron chi connectivity index (χ4n) is 2.66. The first-order chi connectivity index (χ1) is 9.67. The standard InChI is InChI=1S/C15H22N2O2S/c1-19-10-9-17-14(18)8-7-13(16)15(17)11-3-5-12(20-2)6-4-11/h3-6,13,15H,7-10,16H2,1-2H3. The van der Waals surface area contributed by atoms with Crippen molar-refractivity contribution in [1.82, 2.24) is 4.90 Å². The van der Waals surface area contributed by atoms with Crippen LogP contribution < -0.4 is 5.73 Å². The number of nitrogens with two attached hydrogens (primary N) is 1. The highest BCUT2D eigenvalue weighted by Crippen LogP contribution is 2.31. The van der Waals surface area contributed by atoms with Gasteiger partial charge >= 0.3 is 0 Å². The summed E-state index contributed by atoms with van der Waals surface area (Å²) in [6.07, 6.45) is 3.33. The second-order valence-electron chi connectivity index (χ2n) is 5.00. The minimum absolute atomic E-state index is 0.00955. The number of ether oxygens (including phenoxy) is 1. The fraction of sp³-hybridized carbons (Fsp3) is 0.533. The Morgan fingerprint density at radius 1 is 1.40 bits per heavy atom. The zero-order valence-electron chi connectivity index (χ0n) is 12.0. The molecule has 2 rings (SSSR count). The maximum absolute atomic E-state index is 12.2. The second-order valence-corrected chi connectivity index (χ2v) is 5.88. The van der Waals surface area contributed by atoms with Crippen molar-refractivity contribution in [2.45, 2.75) is 29.8 Å². The normalized spacial score (nSPS) is 23.1. The van der Waals surface area contributed by atoms with E-state index < -0.39 is 0 Å². The van der Waals surface area contributed by atoms with E-state index in [0.717, 1.165) is 12.0 Å². The Morgan fingerprint density at radius 3 is 2.70 bits per heavy atom. The molecule has 0 saturated carbocycles. The molecule has 2 unspecified atom stereocenters. The van der Waals surface area contributed by atoms with Gasteiger partial charge in [-0.15, -0.1) is 11.8 Å². The van der Waals surface area contributed by atoms with E-state index >= 15 is 0 Å². The molecule has 0 aromatic heterocycles. The third-order valence-corrected chi connectivity index (χ3v) is 4.49. The molecule has 1 aliphatic rings. The average molecular weight is 294 g/mol. The summed E-state index contributed by atoms with van der Waals surface area (Å²) in [5.41, 5.74) is 7.38. The molecule has 1 aromatic rings. The molecular formula is C15H22N2O2S. The van der Waals surface area contributed by atoms with Gasteiger partial charge in [0.1, 0.15) is 0 Å². The van der Waals surface area contributed by atoms with E-state index in [4.69, 9.17) is 10.5 Å². The lowest BCUT2D eigenvalue weighted by molar-refractivity contribution is -0.138. The second kappa shape index (κ2) is 7.11. The van der Waals surface area contributed by atoms with Crippen molar-refractivity contribution < 1.29 is 9.53 Å². The van der Waals surface area contributed by atoms with Crippen LogP contribution in [0.3, 0.4) is 0 Å². The number of methoxy groups -OCH3 is 1. The molecule has 0 bridgehead atoms. The maximum atomic E-state index is 12.2. The molecule has 1 aromatic carbocycles. The molecule has 2 atom stereocenters. The van der Waals surface area contributed by atoms with Gasteiger partial charge in [-0.3, -0.25) is 4.79 Å². The molecule has 0 spiro atoms. The first-order valence-corrected chi connectivity index (χ1v) is 8.07. The van der Waals surface area contributed by atoms with Crippen LogP contribution in [-0.4, -0.2) is 43.4 Å². The van der Waals surface area contributed by atoms with Crippen LogP contribution >= 0.6 is 11.8 Å². The Bertz CT molecular complexity index is 450. The number of thioether (sulfide) groups is 1. The van der Waals surface area contributed by atoms with Crippen LogP contribution in [0.4, 0.5) is 0 Å². The van der Waals surface area contributed by atoms with Crippen LogP contribution in [-0.2, 0) is 9.53 Å². The van der Waals surface area contributed by atoms with E-state index in [1.165, 1.54) is 4.90 Å². The van der Waals surface area contributed by atoms with Crippen molar-refractivity contribution in [2.24, 2.45) is 5.73 Å². The molecular weight excluding hydrogens is 272 g/mol. The molecule has 20 heavy (non-hydrogen) atoms. The lowest BCUT2D eigenvalue weighted by atomic mass is 9.90. The van der Waals surface area contributed by atoms with Gasteiger partial charge in [-0.1, -0.05) is 12.1 Å². The minimum atomic E-state index is -0.0395. The molecule has 110 valence electrons. The molecule has 5 heteroatoms. The van der Waals surface area contributed by atoms with Gasteiger partial charge in [-0.05, 0) is 30.4 Å². The van der Waals surface area contributed by atoms with E-state index in [1.807, 2.05) is 4.90 Å². The zero-order valence-corrected chi connectivity index (χ0v) is 12.9. The van der Waals surface area contributed by atoms with Crippen molar-refractivity contribution in [3.8, 4) is 0 Å². The van der Waals surface area contributed by atoms with Gasteiger partial charge in [0.15, 0.2) is 0 Å². The van der Waals surface area contributed by atoms with Crippen molar-refractivity contribution in [1.29, 1.82) is 0 Å². The molecule has 2 N–H and O–H groups in total. The maximum Gasteiger partial charge on any atom is 0.223 e. The van der Waals surface area contributed by atoms with E-state index in [-0.39, 0.29) is 18.0 Å². The Labute approximate surface area is 124 Å². The van der Waals surface area contributed by atoms with Gasteiger partial charge in [-0.2, -0.15) is 0 Å². The summed E-state index contributed by atoms with van der Waals surface area (Å²) in [5, 5.41) is 0. The molecule has 4 nitrogen and oxygen atoms in total. The molecule has 1 saturated heterocycles. The summed E-state index contributed by atoms with van der Waals surface area (Å²) in [5.74, 6) is 0.169. The predicted octanol–water partition coefficient (Wildman–Crippen LogP) is 2.05. The fourth-order valence-corrected chi connectivity index (χ4v) is 3.07. The average Bonchev–Trinajstić information content (AvgIpc) is 2.48. The number of piperidine rings is 1. The van der Waals surface area contributed by atoms with Crippen LogP contribution in [0.25, 0.3) is 0 Å². The number of hydrogen-bond donors (Lipinski definition) is 1. The quantitative estimate of drug-likeness (QED) is 0.844. The van der Waals surface area contributed by atoms with Gasteiger partial charge in [0, 0.05) is 31.0 Å². The number of carbonyl (C=O) groups excluding carboxylic acids is 1. The zero-order chi connectivity index (χ0) is 14.5. The van der Waals surface area contributed by atoms with E-state index in [9.17, 15) is 4.79 Å². The number of carbonyl (C=O) groups is 1. The third-order valence-electron chi connectivity index (χ3n) is 3.75. The highest BCUT2D eigenvalue weighted by molar-refractivity contribution is 7.98. The van der Waals surface area contributed by atoms with Crippen LogP contribution in [0.5, 0.6) is 0 Å². The minimum Gasteiger partial charge on any atom is -0.383 e. The van der Waals surface area contributed by atoms with Crippen molar-refractivity contribution in [2.75, 3.05) is 26.5 Å². The third kappa shape index (κ3) is 3.34. The summed E-state index contributed by atoms with van der Waals surface area (Å²) in [6, 6.07) is 8.27. The largest absolute Gasteiger partial charge is 0.383 e. The van der Waals surface area contributed by atoms with E-state index in [2.05, 4.69) is 30.5 Å². The highest BCUT2D eigenvalue weighted by Gasteiger charge is 2.34. The Balaban J connectivity index is 2.24. The number of hydrogen-bond acceptors (Lipinski definition) is 4. The summed E-state index contributed by atoms with van der Waals surface area (Å²) >= 11 is 1.71. The van der Waals surface area contributed by atoms with Crippen molar-refractivity contribution in [3.63, 3.8) is 0 Å². The van der Waals surface area contributed by atoms with Crippen LogP contribution in [0.1, 0.15) is 24.4 Å². The number of likely N-dealkylation sites (tertiary alicyclic amines) is 1. The lowest BCUT2D eigenvalue weighted by Crippen LogP contribution is -2.49. The molecule has 1 fully saturated rings. The molecule has 1 amide bonds. The summed E-state index contributed by atoms with van der Waals surface area (Å²) < 4.78 is 5.11. The van der Waals surface area contributed by atoms with E-state index in [0.29, 0.717) is 19.6 Å². The topological polar surface area (TPSA) is 55.6 Å². The van der Waals surface area contributed by atoms with Crippen LogP contribution in [0.2, 0.25) is 0 Å². The molecule has 0 radical (unpaired) electrons. The van der Waals surface area contributed by atoms with Gasteiger partial charge in [-0.25, -0.2) is 0 Å². The Hall–Kier alpha value is -1.04. The monoisotopic (exact) mass is 294 g/mol. The van der Waals surface area contributed by atoms with Gasteiger partial charge in [0.25, 0.3) is 0 Å². The molecule has 1 heterocycles. The summed E-state index contributed by atoms with van der Waals surface area (Å²) in [7, 11) is 1.65. The summed E-state index contributed by atoms with van der Waals surface area (Å²) in [4.78, 5) is 15.2. The van der Waals surface area contributed by atoms with Crippen molar-refractivity contribution in [3.05, 3.63) is 29.8 Å². The van der Waals surface area contributed by atoms with Gasteiger partial charge in [0.05, 0.1) is 12.6 Å². The predicted molar refractivity (Wildman–Crippen MR) is 81.8 cm³/mol. The van der Waals surface area contributed by atoms with Crippen LogP contribution in [0, 0.1) is 0 Å². The number of benzene rings is 1. The Morgan fingerprint density at radius 2 is 2.10 bits per heavy atom. The van der Waals surface area contributed by atoms with Gasteiger partial charge < -0.3 is 15.4 Å². The SMILES string of the molecule is COCCN1C(=O)CCC(N)C1c1ccc(SC)cc1. The number of rotatable bonds is 5. The molecule has 1 aliphatic heterocycles.